The number of aryl methyl sites for hydroxylation is 1. The third kappa shape index (κ3) is 3.25. The van der Waals surface area contributed by atoms with Crippen molar-refractivity contribution in [3.05, 3.63) is 70.8 Å². The highest BCUT2D eigenvalue weighted by Crippen LogP contribution is 2.13. The maximum absolute atomic E-state index is 13.1. The first-order valence-corrected chi connectivity index (χ1v) is 5.34. The van der Waals surface area contributed by atoms with Crippen molar-refractivity contribution in [1.29, 1.82) is 0 Å². The van der Waals surface area contributed by atoms with Gasteiger partial charge >= 0.3 is 0 Å². The van der Waals surface area contributed by atoms with E-state index >= 15 is 0 Å². The molecule has 0 saturated carbocycles. The van der Waals surface area contributed by atoms with Gasteiger partial charge in [-0.2, -0.15) is 0 Å². The molecule has 0 saturated heterocycles. The third-order valence-corrected chi connectivity index (χ3v) is 2.38. The summed E-state index contributed by atoms with van der Waals surface area (Å²) in [5.74, 6) is -0.536. The van der Waals surface area contributed by atoms with E-state index in [1.54, 1.807) is 24.3 Å². The van der Waals surface area contributed by atoms with Gasteiger partial charge in [0, 0.05) is 0 Å². The second-order valence-corrected chi connectivity index (χ2v) is 3.95. The zero-order chi connectivity index (χ0) is 12.3. The average molecular weight is 230 g/mol. The Labute approximate surface area is 99.2 Å². The molecule has 0 aromatic heterocycles. The maximum Gasteiger partial charge on any atom is 0.124 e. The van der Waals surface area contributed by atoms with Crippen LogP contribution in [0.1, 0.15) is 16.7 Å². The molecule has 2 rings (SSSR count). The molecule has 0 atom stereocenters. The molecule has 2 aromatic carbocycles. The van der Waals surface area contributed by atoms with Crippen molar-refractivity contribution < 1.29 is 8.78 Å². The van der Waals surface area contributed by atoms with E-state index in [0.29, 0.717) is 0 Å². The molecule has 0 aliphatic heterocycles. The standard InChI is InChI=1S/C15H12F2/c1-11-7-13(10-15(17)8-11)6-5-12-3-2-4-14(16)9-12/h2-10H,1H3/b6-5+. The number of hydrogen-bond donors (Lipinski definition) is 0. The summed E-state index contributed by atoms with van der Waals surface area (Å²) in [7, 11) is 0. The van der Waals surface area contributed by atoms with Gasteiger partial charge in [0.25, 0.3) is 0 Å². The quantitative estimate of drug-likeness (QED) is 0.669. The summed E-state index contributed by atoms with van der Waals surface area (Å²) in [6.07, 6.45) is 3.53. The SMILES string of the molecule is Cc1cc(F)cc(/C=C/c2cccc(F)c2)c1. The van der Waals surface area contributed by atoms with E-state index in [1.165, 1.54) is 24.3 Å². The van der Waals surface area contributed by atoms with Crippen molar-refractivity contribution in [3.8, 4) is 0 Å². The lowest BCUT2D eigenvalue weighted by Crippen LogP contribution is -1.81. The van der Waals surface area contributed by atoms with Crippen molar-refractivity contribution in [2.45, 2.75) is 6.92 Å². The molecular weight excluding hydrogens is 218 g/mol. The number of halogens is 2. The highest BCUT2D eigenvalue weighted by molar-refractivity contribution is 5.69. The van der Waals surface area contributed by atoms with Gasteiger partial charge in [0.05, 0.1) is 0 Å². The summed E-state index contributed by atoms with van der Waals surface area (Å²) in [5.41, 5.74) is 2.39. The molecule has 0 spiro atoms. The molecule has 0 aliphatic rings. The van der Waals surface area contributed by atoms with Gasteiger partial charge in [-0.15, -0.1) is 0 Å². The highest BCUT2D eigenvalue weighted by atomic mass is 19.1. The predicted octanol–water partition coefficient (Wildman–Crippen LogP) is 4.44. The van der Waals surface area contributed by atoms with Gasteiger partial charge in [-0.3, -0.25) is 0 Å². The third-order valence-electron chi connectivity index (χ3n) is 2.38. The Morgan fingerprint density at radius 2 is 1.53 bits per heavy atom. The van der Waals surface area contributed by atoms with Gasteiger partial charge in [-0.25, -0.2) is 8.78 Å². The van der Waals surface area contributed by atoms with Crippen LogP contribution in [-0.2, 0) is 0 Å². The minimum Gasteiger partial charge on any atom is -0.207 e. The average Bonchev–Trinajstić information content (AvgIpc) is 2.25. The Bertz CT molecular complexity index is 536. The van der Waals surface area contributed by atoms with Crippen LogP contribution in [0, 0.1) is 18.6 Å². The van der Waals surface area contributed by atoms with Gasteiger partial charge in [-0.1, -0.05) is 30.4 Å². The molecule has 0 aliphatic carbocycles. The molecule has 17 heavy (non-hydrogen) atoms. The predicted molar refractivity (Wildman–Crippen MR) is 66.5 cm³/mol. The molecule has 0 nitrogen and oxygen atoms in total. The smallest absolute Gasteiger partial charge is 0.124 e. The Kier molecular flexibility index (Phi) is 3.33. The molecule has 0 amide bonds. The molecular formula is C15H12F2. The molecule has 0 N–H and O–H groups in total. The summed E-state index contributed by atoms with van der Waals surface area (Å²) in [5, 5.41) is 0. The fraction of sp³-hybridized carbons (Fsp3) is 0.0667. The summed E-state index contributed by atoms with van der Waals surface area (Å²) in [6, 6.07) is 11.1. The fourth-order valence-corrected chi connectivity index (χ4v) is 1.66. The van der Waals surface area contributed by atoms with E-state index in [2.05, 4.69) is 0 Å². The molecule has 0 radical (unpaired) electrons. The second kappa shape index (κ2) is 4.91. The topological polar surface area (TPSA) is 0 Å². The van der Waals surface area contributed by atoms with Crippen molar-refractivity contribution in [2.75, 3.05) is 0 Å². The van der Waals surface area contributed by atoms with Crippen LogP contribution in [0.2, 0.25) is 0 Å². The monoisotopic (exact) mass is 230 g/mol. The molecule has 2 heteroatoms. The zero-order valence-corrected chi connectivity index (χ0v) is 9.45. The van der Waals surface area contributed by atoms with Crippen molar-refractivity contribution in [3.63, 3.8) is 0 Å². The summed E-state index contributed by atoms with van der Waals surface area (Å²) in [4.78, 5) is 0. The Hall–Kier alpha value is -1.96. The molecule has 2 aromatic rings. The minimum atomic E-state index is -0.275. The second-order valence-electron chi connectivity index (χ2n) is 3.95. The van der Waals surface area contributed by atoms with E-state index in [1.807, 2.05) is 13.0 Å². The van der Waals surface area contributed by atoms with Gasteiger partial charge < -0.3 is 0 Å². The van der Waals surface area contributed by atoms with E-state index in [4.69, 9.17) is 0 Å². The minimum absolute atomic E-state index is 0.260. The van der Waals surface area contributed by atoms with Crippen LogP contribution in [-0.4, -0.2) is 0 Å². The summed E-state index contributed by atoms with van der Waals surface area (Å²) >= 11 is 0. The van der Waals surface area contributed by atoms with Gasteiger partial charge in [0.1, 0.15) is 11.6 Å². The van der Waals surface area contributed by atoms with Crippen molar-refractivity contribution in [2.24, 2.45) is 0 Å². The lowest BCUT2D eigenvalue weighted by Gasteiger charge is -1.98. The van der Waals surface area contributed by atoms with Crippen molar-refractivity contribution >= 4 is 12.2 Å². The number of hydrogen-bond acceptors (Lipinski definition) is 0. The van der Waals surface area contributed by atoms with Crippen LogP contribution in [0.3, 0.4) is 0 Å². The number of rotatable bonds is 2. The Morgan fingerprint density at radius 1 is 0.824 bits per heavy atom. The lowest BCUT2D eigenvalue weighted by atomic mass is 10.1. The van der Waals surface area contributed by atoms with Gasteiger partial charge in [0.2, 0.25) is 0 Å². The van der Waals surface area contributed by atoms with E-state index in [-0.39, 0.29) is 11.6 Å². The first-order chi connectivity index (χ1) is 8.13. The highest BCUT2D eigenvalue weighted by Gasteiger charge is 1.95. The van der Waals surface area contributed by atoms with Gasteiger partial charge in [0.15, 0.2) is 0 Å². The summed E-state index contributed by atoms with van der Waals surface area (Å²) < 4.78 is 26.1. The first kappa shape index (κ1) is 11.5. The zero-order valence-electron chi connectivity index (χ0n) is 9.45. The van der Waals surface area contributed by atoms with Crippen LogP contribution in [0.25, 0.3) is 12.2 Å². The Balaban J connectivity index is 2.25. The van der Waals surface area contributed by atoms with E-state index in [0.717, 1.165) is 16.7 Å². The normalized spacial score (nSPS) is 11.0. The fourth-order valence-electron chi connectivity index (χ4n) is 1.66. The number of benzene rings is 2. The van der Waals surface area contributed by atoms with Gasteiger partial charge in [-0.05, 0) is 47.9 Å². The van der Waals surface area contributed by atoms with Crippen LogP contribution < -0.4 is 0 Å². The molecule has 0 fully saturated rings. The first-order valence-electron chi connectivity index (χ1n) is 5.34. The molecule has 0 bridgehead atoms. The maximum atomic E-state index is 13.1. The van der Waals surface area contributed by atoms with Crippen molar-refractivity contribution in [1.82, 2.24) is 0 Å². The van der Waals surface area contributed by atoms with Crippen LogP contribution >= 0.6 is 0 Å². The summed E-state index contributed by atoms with van der Waals surface area (Å²) in [6.45, 7) is 1.84. The Morgan fingerprint density at radius 3 is 2.24 bits per heavy atom. The largest absolute Gasteiger partial charge is 0.207 e. The van der Waals surface area contributed by atoms with Crippen LogP contribution in [0.15, 0.2) is 42.5 Å². The van der Waals surface area contributed by atoms with E-state index < -0.39 is 0 Å². The molecule has 86 valence electrons. The van der Waals surface area contributed by atoms with E-state index in [9.17, 15) is 8.78 Å². The van der Waals surface area contributed by atoms with Crippen LogP contribution in [0.4, 0.5) is 8.78 Å². The lowest BCUT2D eigenvalue weighted by molar-refractivity contribution is 0.626. The molecule has 0 heterocycles. The van der Waals surface area contributed by atoms with Crippen LogP contribution in [0.5, 0.6) is 0 Å². The molecule has 0 unspecified atom stereocenters.